The molecule has 3 rings (SSSR count). The molecule has 2 saturated heterocycles. The maximum atomic E-state index is 12.8. The molecule has 0 spiro atoms. The fourth-order valence-corrected chi connectivity index (χ4v) is 6.38. The molecule has 2 fully saturated rings. The van der Waals surface area contributed by atoms with Crippen molar-refractivity contribution in [2.75, 3.05) is 60.7 Å². The van der Waals surface area contributed by atoms with Gasteiger partial charge in [-0.05, 0) is 27.2 Å². The molecule has 0 aromatic carbocycles. The predicted molar refractivity (Wildman–Crippen MR) is 142 cm³/mol. The number of rotatable bonds is 15. The van der Waals surface area contributed by atoms with Gasteiger partial charge in [-0.1, -0.05) is 28.1 Å². The standard InChI is InChI=1S/C25H38BrN2O11P/c1-24(2,15-25(3,26)23(32)36-13-14-38-40(33,34)37-12-10-28(4,5)6)22(31)35-11-9-27-20(29)18-16-7-8-17(39-16)19(18)21(27)30/h7-8,16-19H,9-15H2,1-6H3/i4+1. The number of phosphoric ester groups is 1. The fraction of sp³-hybridized carbons (Fsp3) is 0.760. The number of esters is 2. The van der Waals surface area contributed by atoms with Gasteiger partial charge >= 0.3 is 11.9 Å². The molecule has 15 heteroatoms. The molecule has 0 aliphatic carbocycles. The number of carbonyl (C=O) groups is 4. The van der Waals surface area contributed by atoms with E-state index in [-0.39, 0.29) is 44.6 Å². The van der Waals surface area contributed by atoms with Crippen molar-refractivity contribution in [1.29, 1.82) is 0 Å². The highest BCUT2D eigenvalue weighted by Gasteiger charge is 2.60. The van der Waals surface area contributed by atoms with Gasteiger partial charge in [0, 0.05) is 0 Å². The normalized spacial score (nSPS) is 26.9. The smallest absolute Gasteiger partial charge is 0.322 e. The first kappa shape index (κ1) is 32.8. The number of phosphoric acid groups is 1. The van der Waals surface area contributed by atoms with E-state index in [1.807, 2.05) is 21.1 Å². The van der Waals surface area contributed by atoms with Crippen molar-refractivity contribution in [3.63, 3.8) is 0 Å². The fourth-order valence-electron chi connectivity index (χ4n) is 4.88. The Morgan fingerprint density at radius 3 is 2.05 bits per heavy atom. The Kier molecular flexibility index (Phi) is 10.1. The number of ether oxygens (including phenoxy) is 3. The van der Waals surface area contributed by atoms with Crippen LogP contribution in [0.15, 0.2) is 12.2 Å². The lowest BCUT2D eigenvalue weighted by molar-refractivity contribution is -0.870. The van der Waals surface area contributed by atoms with Crippen molar-refractivity contribution in [2.24, 2.45) is 17.3 Å². The summed E-state index contributed by atoms with van der Waals surface area (Å²) in [5.41, 5.74) is -1.15. The number of nitrogens with zero attached hydrogens (tertiary/aromatic N) is 2. The lowest BCUT2D eigenvalue weighted by atomic mass is 9.83. The monoisotopic (exact) mass is 653 g/mol. The van der Waals surface area contributed by atoms with Gasteiger partial charge < -0.3 is 32.6 Å². The van der Waals surface area contributed by atoms with Crippen LogP contribution >= 0.6 is 23.8 Å². The molecule has 0 aromatic heterocycles. The largest absolute Gasteiger partial charge is 0.756 e. The number of halogens is 1. The summed E-state index contributed by atoms with van der Waals surface area (Å²) in [6.45, 7) is 4.07. The van der Waals surface area contributed by atoms with E-state index in [0.717, 1.165) is 4.90 Å². The third-order valence-electron chi connectivity index (χ3n) is 6.88. The molecule has 3 heterocycles. The van der Waals surface area contributed by atoms with Crippen LogP contribution in [-0.2, 0) is 47.0 Å². The molecule has 6 atom stereocenters. The number of fused-ring (bicyclic) bond motifs is 5. The van der Waals surface area contributed by atoms with E-state index in [2.05, 4.69) is 15.9 Å². The van der Waals surface area contributed by atoms with Gasteiger partial charge in [0.2, 0.25) is 11.8 Å². The summed E-state index contributed by atoms with van der Waals surface area (Å²) in [5, 5.41) is 0. The molecule has 0 aromatic rings. The zero-order valence-corrected chi connectivity index (χ0v) is 26.1. The first-order chi connectivity index (χ1) is 18.3. The number of alkyl halides is 1. The first-order valence-electron chi connectivity index (χ1n) is 13.0. The Balaban J connectivity index is 1.39. The van der Waals surface area contributed by atoms with E-state index in [9.17, 15) is 28.6 Å². The molecule has 3 aliphatic rings. The van der Waals surface area contributed by atoms with Gasteiger partial charge in [0.05, 0.1) is 63.8 Å². The molecule has 13 nitrogen and oxygen atoms in total. The molecule has 0 radical (unpaired) electrons. The second-order valence-corrected chi connectivity index (χ2v) is 15.1. The van der Waals surface area contributed by atoms with Crippen molar-refractivity contribution in [2.45, 2.75) is 43.7 Å². The molecule has 0 saturated carbocycles. The van der Waals surface area contributed by atoms with Gasteiger partial charge in [0.25, 0.3) is 7.82 Å². The number of imide groups is 1. The highest BCUT2D eigenvalue weighted by Crippen LogP contribution is 2.45. The van der Waals surface area contributed by atoms with Crippen molar-refractivity contribution in [3.05, 3.63) is 12.2 Å². The van der Waals surface area contributed by atoms with E-state index >= 15 is 0 Å². The Labute approximate surface area is 242 Å². The molecule has 0 N–H and O–H groups in total. The highest BCUT2D eigenvalue weighted by molar-refractivity contribution is 9.10. The first-order valence-corrected chi connectivity index (χ1v) is 15.2. The number of likely N-dealkylation sites (N-methyl/N-ethyl adjacent to an activating group) is 1. The molecule has 3 aliphatic heterocycles. The van der Waals surface area contributed by atoms with Gasteiger partial charge in [0.1, 0.15) is 30.7 Å². The minimum atomic E-state index is -4.54. The Morgan fingerprint density at radius 1 is 0.975 bits per heavy atom. The molecular formula is C25H38BrN2O11P. The van der Waals surface area contributed by atoms with Crippen LogP contribution in [0.25, 0.3) is 0 Å². The Hall–Kier alpha value is -1.67. The van der Waals surface area contributed by atoms with E-state index in [1.54, 1.807) is 26.0 Å². The quantitative estimate of drug-likeness (QED) is 0.0360. The summed E-state index contributed by atoms with van der Waals surface area (Å²) in [4.78, 5) is 63.8. The van der Waals surface area contributed by atoms with Crippen LogP contribution in [0.4, 0.5) is 0 Å². The molecule has 2 bridgehead atoms. The summed E-state index contributed by atoms with van der Waals surface area (Å²) >= 11 is 3.30. The molecule has 6 unspecified atom stereocenters. The Bertz CT molecular complexity index is 1060. The number of hydrogen-bond acceptors (Lipinski definition) is 11. The lowest BCUT2D eigenvalue weighted by Crippen LogP contribution is -2.41. The van der Waals surface area contributed by atoms with Gasteiger partial charge in [-0.3, -0.25) is 28.6 Å². The van der Waals surface area contributed by atoms with E-state index in [0.29, 0.717) is 11.0 Å². The maximum Gasteiger partial charge on any atom is 0.322 e. The summed E-state index contributed by atoms with van der Waals surface area (Å²) < 4.78 is 36.7. The third-order valence-corrected chi connectivity index (χ3v) is 8.48. The van der Waals surface area contributed by atoms with Crippen LogP contribution in [0.3, 0.4) is 0 Å². The van der Waals surface area contributed by atoms with Crippen molar-refractivity contribution in [3.8, 4) is 0 Å². The summed E-state index contributed by atoms with van der Waals surface area (Å²) in [7, 11) is 1.12. The minimum absolute atomic E-state index is 0.0230. The van der Waals surface area contributed by atoms with Crippen molar-refractivity contribution < 1.29 is 56.4 Å². The number of amides is 2. The number of likely N-dealkylation sites (tertiary alicyclic amines) is 1. The SMILES string of the molecule is CC(C)(CC(C)(Br)C(=O)OCCOP(=O)([O-])OCC[N+](C)(C)[13CH3])C(=O)OCCN1C(=O)C2C3C=CC(O3)C2C1=O. The van der Waals surface area contributed by atoms with Crippen molar-refractivity contribution in [1.82, 2.24) is 4.90 Å². The van der Waals surface area contributed by atoms with Crippen LogP contribution < -0.4 is 4.89 Å². The van der Waals surface area contributed by atoms with Crippen LogP contribution in [0.2, 0.25) is 0 Å². The van der Waals surface area contributed by atoms with Gasteiger partial charge in [-0.15, -0.1) is 0 Å². The van der Waals surface area contributed by atoms with Gasteiger partial charge in [0.15, 0.2) is 0 Å². The van der Waals surface area contributed by atoms with Crippen LogP contribution in [0.1, 0.15) is 27.2 Å². The second-order valence-electron chi connectivity index (χ2n) is 12.0. The topological polar surface area (TPSA) is 158 Å². The average molecular weight is 654 g/mol. The van der Waals surface area contributed by atoms with Crippen LogP contribution in [0.5, 0.6) is 0 Å². The molecular weight excluding hydrogens is 616 g/mol. The zero-order valence-electron chi connectivity index (χ0n) is 23.6. The Morgan fingerprint density at radius 2 is 1.50 bits per heavy atom. The van der Waals surface area contributed by atoms with E-state index in [1.165, 1.54) is 6.92 Å². The third kappa shape index (κ3) is 7.99. The summed E-state index contributed by atoms with van der Waals surface area (Å²) in [5.74, 6) is -3.06. The van der Waals surface area contributed by atoms with Crippen LogP contribution in [-0.4, -0.2) is 110 Å². The van der Waals surface area contributed by atoms with Crippen molar-refractivity contribution >= 4 is 47.5 Å². The lowest BCUT2D eigenvalue weighted by Gasteiger charge is -2.30. The maximum absolute atomic E-state index is 12.8. The number of hydrogen-bond donors (Lipinski definition) is 0. The van der Waals surface area contributed by atoms with Gasteiger partial charge in [-0.25, -0.2) is 0 Å². The van der Waals surface area contributed by atoms with E-state index < -0.39 is 60.2 Å². The number of carbonyl (C=O) groups excluding carboxylic acids is 4. The zero-order chi connectivity index (χ0) is 30.1. The average Bonchev–Trinajstić information content (AvgIpc) is 3.49. The number of quaternary nitrogens is 1. The van der Waals surface area contributed by atoms with Crippen LogP contribution in [0, 0.1) is 17.3 Å². The second kappa shape index (κ2) is 12.3. The molecule has 40 heavy (non-hydrogen) atoms. The molecule has 2 amide bonds. The highest BCUT2D eigenvalue weighted by atomic mass is 79.9. The minimum Gasteiger partial charge on any atom is -0.756 e. The molecule has 226 valence electrons. The van der Waals surface area contributed by atoms with E-state index in [4.69, 9.17) is 23.3 Å². The predicted octanol–water partition coefficient (Wildman–Crippen LogP) is 0.789. The summed E-state index contributed by atoms with van der Waals surface area (Å²) in [6, 6.07) is 0. The van der Waals surface area contributed by atoms with Gasteiger partial charge in [-0.2, -0.15) is 0 Å². The summed E-state index contributed by atoms with van der Waals surface area (Å²) in [6.07, 6.45) is 2.78.